The Labute approximate surface area is 118 Å². The molecule has 3 N–H and O–H groups in total. The predicted molar refractivity (Wildman–Crippen MR) is 80.3 cm³/mol. The molecule has 0 amide bonds. The van der Waals surface area contributed by atoms with Gasteiger partial charge in [0.05, 0.1) is 6.61 Å². The first-order chi connectivity index (χ1) is 9.33. The smallest absolute Gasteiger partial charge is 0.119 e. The maximum atomic E-state index is 5.68. The molecule has 0 saturated heterocycles. The van der Waals surface area contributed by atoms with Gasteiger partial charge in [0.25, 0.3) is 0 Å². The monoisotopic (exact) mass is 276 g/mol. The van der Waals surface area contributed by atoms with Crippen molar-refractivity contribution in [1.29, 1.82) is 0 Å². The summed E-state index contributed by atoms with van der Waals surface area (Å²) in [7, 11) is 0. The van der Waals surface area contributed by atoms with Crippen LogP contribution in [0.5, 0.6) is 5.75 Å². The number of hydrogen-bond acceptors (Lipinski definition) is 4. The Bertz CT molecular complexity index is 485. The fourth-order valence-corrected chi connectivity index (χ4v) is 2.78. The normalized spacial score (nSPS) is 12.3. The molecule has 1 atom stereocenters. The molecular weight excluding hydrogens is 256 g/mol. The summed E-state index contributed by atoms with van der Waals surface area (Å²) in [6.45, 7) is 2.67. The second kappa shape index (κ2) is 7.28. The zero-order valence-corrected chi connectivity index (χ0v) is 12.0. The van der Waals surface area contributed by atoms with Crippen LogP contribution in [-0.2, 0) is 6.42 Å². The summed E-state index contributed by atoms with van der Waals surface area (Å²) in [5.41, 5.74) is 5.43. The standard InChI is InChI=1S/C15H20N2OS/c1-2-18-14-5-3-4-13(10-14)15(17-16)7-6-12-8-9-19-11-12/h3-5,8-11,15,17H,2,6-7,16H2,1H3. The lowest BCUT2D eigenvalue weighted by molar-refractivity contribution is 0.339. The molecule has 3 nitrogen and oxygen atoms in total. The molecule has 0 aliphatic carbocycles. The zero-order valence-electron chi connectivity index (χ0n) is 11.1. The zero-order chi connectivity index (χ0) is 13.5. The third-order valence-electron chi connectivity index (χ3n) is 3.07. The average molecular weight is 276 g/mol. The highest BCUT2D eigenvalue weighted by Crippen LogP contribution is 2.23. The highest BCUT2D eigenvalue weighted by atomic mass is 32.1. The first-order valence-corrected chi connectivity index (χ1v) is 7.47. The molecule has 0 aliphatic rings. The van der Waals surface area contributed by atoms with Crippen LogP contribution in [0.25, 0.3) is 0 Å². The lowest BCUT2D eigenvalue weighted by Gasteiger charge is -2.17. The number of hydrazine groups is 1. The Kier molecular flexibility index (Phi) is 5.39. The SMILES string of the molecule is CCOc1cccc(C(CCc2ccsc2)NN)c1. The summed E-state index contributed by atoms with van der Waals surface area (Å²) in [5, 5.41) is 4.29. The summed E-state index contributed by atoms with van der Waals surface area (Å²) in [5.74, 6) is 6.58. The second-order valence-electron chi connectivity index (χ2n) is 4.40. The van der Waals surface area contributed by atoms with Crippen LogP contribution in [0, 0.1) is 0 Å². The van der Waals surface area contributed by atoms with E-state index in [0.29, 0.717) is 6.61 Å². The summed E-state index contributed by atoms with van der Waals surface area (Å²) >= 11 is 1.73. The van der Waals surface area contributed by atoms with E-state index >= 15 is 0 Å². The van der Waals surface area contributed by atoms with Crippen molar-refractivity contribution in [2.45, 2.75) is 25.8 Å². The third kappa shape index (κ3) is 4.06. The quantitative estimate of drug-likeness (QED) is 0.602. The molecular formula is C15H20N2OS. The van der Waals surface area contributed by atoms with Crippen LogP contribution in [0.15, 0.2) is 41.1 Å². The van der Waals surface area contributed by atoms with Crippen LogP contribution in [0.3, 0.4) is 0 Å². The molecule has 0 fully saturated rings. The van der Waals surface area contributed by atoms with E-state index < -0.39 is 0 Å². The van der Waals surface area contributed by atoms with E-state index in [9.17, 15) is 0 Å². The number of thiophene rings is 1. The molecule has 0 radical (unpaired) electrons. The average Bonchev–Trinajstić information content (AvgIpc) is 2.94. The molecule has 1 aromatic heterocycles. The van der Waals surface area contributed by atoms with E-state index in [1.807, 2.05) is 19.1 Å². The predicted octanol–water partition coefficient (Wildman–Crippen LogP) is 3.28. The van der Waals surface area contributed by atoms with Crippen molar-refractivity contribution in [3.63, 3.8) is 0 Å². The van der Waals surface area contributed by atoms with E-state index in [0.717, 1.165) is 18.6 Å². The number of ether oxygens (including phenoxy) is 1. The van der Waals surface area contributed by atoms with Crippen molar-refractivity contribution in [3.05, 3.63) is 52.2 Å². The van der Waals surface area contributed by atoms with Gasteiger partial charge in [-0.15, -0.1) is 0 Å². The van der Waals surface area contributed by atoms with E-state index in [4.69, 9.17) is 10.6 Å². The lowest BCUT2D eigenvalue weighted by atomic mass is 10.0. The summed E-state index contributed by atoms with van der Waals surface area (Å²) in [4.78, 5) is 0. The molecule has 4 heteroatoms. The minimum atomic E-state index is 0.153. The van der Waals surface area contributed by atoms with Gasteiger partial charge in [-0.2, -0.15) is 11.3 Å². The van der Waals surface area contributed by atoms with Gasteiger partial charge in [0.2, 0.25) is 0 Å². The van der Waals surface area contributed by atoms with Gasteiger partial charge in [0.15, 0.2) is 0 Å². The van der Waals surface area contributed by atoms with Crippen molar-refractivity contribution in [3.8, 4) is 5.75 Å². The van der Waals surface area contributed by atoms with Crippen LogP contribution in [0.4, 0.5) is 0 Å². The Balaban J connectivity index is 2.01. The van der Waals surface area contributed by atoms with Gasteiger partial charge in [0, 0.05) is 6.04 Å². The van der Waals surface area contributed by atoms with E-state index in [-0.39, 0.29) is 6.04 Å². The van der Waals surface area contributed by atoms with Crippen LogP contribution >= 0.6 is 11.3 Å². The van der Waals surface area contributed by atoms with Gasteiger partial charge < -0.3 is 4.74 Å². The molecule has 1 heterocycles. The van der Waals surface area contributed by atoms with Crippen molar-refractivity contribution >= 4 is 11.3 Å². The third-order valence-corrected chi connectivity index (χ3v) is 3.81. The van der Waals surface area contributed by atoms with Crippen LogP contribution < -0.4 is 16.0 Å². The fourth-order valence-electron chi connectivity index (χ4n) is 2.08. The number of aryl methyl sites for hydroxylation is 1. The molecule has 102 valence electrons. The number of rotatable bonds is 7. The van der Waals surface area contributed by atoms with Crippen molar-refractivity contribution in [2.24, 2.45) is 5.84 Å². The molecule has 0 saturated carbocycles. The topological polar surface area (TPSA) is 47.3 Å². The summed E-state index contributed by atoms with van der Waals surface area (Å²) in [6.07, 6.45) is 2.00. The first-order valence-electron chi connectivity index (χ1n) is 6.53. The van der Waals surface area contributed by atoms with E-state index in [2.05, 4.69) is 34.4 Å². The Morgan fingerprint density at radius 3 is 2.95 bits per heavy atom. The Hall–Kier alpha value is -1.36. The van der Waals surface area contributed by atoms with Crippen molar-refractivity contribution in [2.75, 3.05) is 6.61 Å². The lowest BCUT2D eigenvalue weighted by Crippen LogP contribution is -2.28. The number of nitrogens with two attached hydrogens (primary N) is 1. The highest BCUT2D eigenvalue weighted by molar-refractivity contribution is 7.07. The molecule has 0 bridgehead atoms. The van der Waals surface area contributed by atoms with Crippen LogP contribution in [-0.4, -0.2) is 6.61 Å². The van der Waals surface area contributed by atoms with E-state index in [1.54, 1.807) is 11.3 Å². The largest absolute Gasteiger partial charge is 0.494 e. The number of nitrogens with one attached hydrogen (secondary N) is 1. The van der Waals surface area contributed by atoms with Crippen molar-refractivity contribution < 1.29 is 4.74 Å². The molecule has 2 aromatic rings. The molecule has 19 heavy (non-hydrogen) atoms. The molecule has 0 aliphatic heterocycles. The molecule has 1 unspecified atom stereocenters. The second-order valence-corrected chi connectivity index (χ2v) is 5.18. The van der Waals surface area contributed by atoms with Gasteiger partial charge in [-0.3, -0.25) is 11.3 Å². The highest BCUT2D eigenvalue weighted by Gasteiger charge is 2.10. The summed E-state index contributed by atoms with van der Waals surface area (Å²) in [6, 6.07) is 10.4. The van der Waals surface area contributed by atoms with Gasteiger partial charge in [-0.05, 0) is 59.9 Å². The Morgan fingerprint density at radius 1 is 1.37 bits per heavy atom. The first kappa shape index (κ1) is 14.1. The van der Waals surface area contributed by atoms with Gasteiger partial charge in [-0.25, -0.2) is 0 Å². The van der Waals surface area contributed by atoms with E-state index in [1.165, 1.54) is 11.1 Å². The molecule has 0 spiro atoms. The maximum Gasteiger partial charge on any atom is 0.119 e. The minimum Gasteiger partial charge on any atom is -0.494 e. The fraction of sp³-hybridized carbons (Fsp3) is 0.333. The van der Waals surface area contributed by atoms with Gasteiger partial charge in [-0.1, -0.05) is 12.1 Å². The van der Waals surface area contributed by atoms with Crippen LogP contribution in [0.1, 0.15) is 30.5 Å². The molecule has 1 aromatic carbocycles. The maximum absolute atomic E-state index is 5.68. The number of benzene rings is 1. The van der Waals surface area contributed by atoms with Gasteiger partial charge in [0.1, 0.15) is 5.75 Å². The minimum absolute atomic E-state index is 0.153. The number of hydrogen-bond donors (Lipinski definition) is 2. The molecule has 2 rings (SSSR count). The van der Waals surface area contributed by atoms with Crippen LogP contribution in [0.2, 0.25) is 0 Å². The van der Waals surface area contributed by atoms with Gasteiger partial charge >= 0.3 is 0 Å². The Morgan fingerprint density at radius 2 is 2.26 bits per heavy atom. The summed E-state index contributed by atoms with van der Waals surface area (Å²) < 4.78 is 5.52. The van der Waals surface area contributed by atoms with Crippen molar-refractivity contribution in [1.82, 2.24) is 5.43 Å².